The van der Waals surface area contributed by atoms with E-state index in [9.17, 15) is 8.42 Å². The zero-order valence-corrected chi connectivity index (χ0v) is 11.5. The monoisotopic (exact) mass is 284 g/mol. The lowest BCUT2D eigenvalue weighted by atomic mass is 10.4. The minimum atomic E-state index is -3.61. The Morgan fingerprint density at radius 1 is 1.28 bits per heavy atom. The highest BCUT2D eigenvalue weighted by molar-refractivity contribution is 7.98. The van der Waals surface area contributed by atoms with E-state index in [0.29, 0.717) is 5.76 Å². The molecule has 0 fully saturated rings. The Balaban J connectivity index is 2.24. The van der Waals surface area contributed by atoms with Gasteiger partial charge in [-0.15, -0.1) is 11.8 Å². The van der Waals surface area contributed by atoms with Crippen molar-refractivity contribution >= 4 is 27.6 Å². The molecule has 5 nitrogen and oxygen atoms in total. The van der Waals surface area contributed by atoms with Crippen LogP contribution in [0.25, 0.3) is 0 Å². The average Bonchev–Trinajstić information content (AvgIpc) is 2.74. The quantitative estimate of drug-likeness (QED) is 0.873. The van der Waals surface area contributed by atoms with Crippen LogP contribution in [0.4, 0.5) is 5.82 Å². The summed E-state index contributed by atoms with van der Waals surface area (Å²) in [5.41, 5.74) is 0. The van der Waals surface area contributed by atoms with Crippen LogP contribution >= 0.6 is 11.8 Å². The number of aromatic nitrogens is 1. The first kappa shape index (κ1) is 13.0. The molecule has 96 valence electrons. The molecule has 0 saturated heterocycles. The molecule has 1 heterocycles. The van der Waals surface area contributed by atoms with E-state index in [-0.39, 0.29) is 10.7 Å². The van der Waals surface area contributed by atoms with E-state index in [2.05, 4.69) is 9.88 Å². The normalized spacial score (nSPS) is 11.4. The van der Waals surface area contributed by atoms with Crippen LogP contribution in [0.3, 0.4) is 0 Å². The second-order valence-electron chi connectivity index (χ2n) is 3.60. The Labute approximate surface area is 110 Å². The number of nitrogens with one attached hydrogen (secondary N) is 1. The van der Waals surface area contributed by atoms with Gasteiger partial charge in [-0.1, -0.05) is 5.16 Å². The summed E-state index contributed by atoms with van der Waals surface area (Å²) in [5, 5.41) is 3.59. The highest BCUT2D eigenvalue weighted by atomic mass is 32.2. The van der Waals surface area contributed by atoms with Gasteiger partial charge < -0.3 is 4.52 Å². The first-order valence-electron chi connectivity index (χ1n) is 5.11. The summed E-state index contributed by atoms with van der Waals surface area (Å²) < 4.78 is 31.2. The van der Waals surface area contributed by atoms with E-state index in [1.54, 1.807) is 43.0 Å². The summed E-state index contributed by atoms with van der Waals surface area (Å²) in [6.45, 7) is 1.69. The van der Waals surface area contributed by atoms with Crippen molar-refractivity contribution < 1.29 is 12.9 Å². The third-order valence-corrected chi connectivity index (χ3v) is 4.35. The van der Waals surface area contributed by atoms with Crippen molar-refractivity contribution in [1.82, 2.24) is 5.16 Å². The van der Waals surface area contributed by atoms with Crippen LogP contribution in [0, 0.1) is 6.92 Å². The summed E-state index contributed by atoms with van der Waals surface area (Å²) >= 11 is 1.55. The van der Waals surface area contributed by atoms with Gasteiger partial charge >= 0.3 is 0 Å². The predicted molar refractivity (Wildman–Crippen MR) is 70.3 cm³/mol. The van der Waals surface area contributed by atoms with E-state index in [1.807, 2.05) is 6.26 Å². The standard InChI is InChI=1S/C11H12N2O3S2/c1-8-7-11(12-16-8)13-18(14,15)10-5-3-9(17-2)4-6-10/h3-7H,1-2H3,(H,12,13). The molecule has 0 spiro atoms. The number of rotatable bonds is 4. The predicted octanol–water partition coefficient (Wildman–Crippen LogP) is 2.51. The Morgan fingerprint density at radius 3 is 2.44 bits per heavy atom. The van der Waals surface area contributed by atoms with E-state index in [0.717, 1.165) is 4.90 Å². The Kier molecular flexibility index (Phi) is 3.63. The molecule has 0 aliphatic heterocycles. The molecule has 0 amide bonds. The lowest BCUT2D eigenvalue weighted by molar-refractivity contribution is 0.400. The molecule has 0 aliphatic carbocycles. The highest BCUT2D eigenvalue weighted by Gasteiger charge is 2.15. The molecular weight excluding hydrogens is 272 g/mol. The molecule has 0 saturated carbocycles. The average molecular weight is 284 g/mol. The van der Waals surface area contributed by atoms with Crippen LogP contribution in [0.2, 0.25) is 0 Å². The topological polar surface area (TPSA) is 72.2 Å². The third-order valence-electron chi connectivity index (χ3n) is 2.24. The number of thioether (sulfide) groups is 1. The van der Waals surface area contributed by atoms with Gasteiger partial charge in [0.15, 0.2) is 5.82 Å². The molecule has 1 aromatic carbocycles. The van der Waals surface area contributed by atoms with Crippen LogP contribution < -0.4 is 4.72 Å². The van der Waals surface area contributed by atoms with Gasteiger partial charge in [0.25, 0.3) is 10.0 Å². The SMILES string of the molecule is CSc1ccc(S(=O)(=O)Nc2cc(C)on2)cc1. The summed E-state index contributed by atoms with van der Waals surface area (Å²) in [7, 11) is -3.61. The van der Waals surface area contributed by atoms with Gasteiger partial charge in [0.05, 0.1) is 4.90 Å². The molecule has 0 unspecified atom stereocenters. The van der Waals surface area contributed by atoms with Crippen molar-refractivity contribution in [3.8, 4) is 0 Å². The number of sulfonamides is 1. The van der Waals surface area contributed by atoms with Crippen molar-refractivity contribution in [1.29, 1.82) is 0 Å². The fraction of sp³-hybridized carbons (Fsp3) is 0.182. The Morgan fingerprint density at radius 2 is 1.94 bits per heavy atom. The van der Waals surface area contributed by atoms with Gasteiger partial charge in [-0.3, -0.25) is 4.72 Å². The number of hydrogen-bond acceptors (Lipinski definition) is 5. The molecule has 1 aromatic heterocycles. The van der Waals surface area contributed by atoms with Gasteiger partial charge in [0.2, 0.25) is 0 Å². The molecule has 0 bridgehead atoms. The second kappa shape index (κ2) is 5.03. The van der Waals surface area contributed by atoms with Crippen LogP contribution in [0.5, 0.6) is 0 Å². The van der Waals surface area contributed by atoms with Crippen molar-refractivity contribution in [3.05, 3.63) is 36.1 Å². The Bertz CT molecular complexity index is 633. The van der Waals surface area contributed by atoms with Crippen molar-refractivity contribution in [2.45, 2.75) is 16.7 Å². The molecule has 2 rings (SSSR count). The number of anilines is 1. The third kappa shape index (κ3) is 2.85. The first-order chi connectivity index (χ1) is 8.51. The Hall–Kier alpha value is -1.47. The molecule has 0 aliphatic rings. The zero-order valence-electron chi connectivity index (χ0n) is 9.88. The van der Waals surface area contributed by atoms with Gasteiger partial charge in [-0.25, -0.2) is 8.42 Å². The lowest BCUT2D eigenvalue weighted by Crippen LogP contribution is -2.12. The fourth-order valence-electron chi connectivity index (χ4n) is 1.37. The number of benzene rings is 1. The summed E-state index contributed by atoms with van der Waals surface area (Å²) in [4.78, 5) is 1.20. The van der Waals surface area contributed by atoms with E-state index in [1.165, 1.54) is 6.07 Å². The zero-order chi connectivity index (χ0) is 13.2. The first-order valence-corrected chi connectivity index (χ1v) is 7.82. The minimum Gasteiger partial charge on any atom is -0.360 e. The van der Waals surface area contributed by atoms with Crippen LogP contribution in [0.15, 0.2) is 44.6 Å². The van der Waals surface area contributed by atoms with E-state index in [4.69, 9.17) is 4.52 Å². The number of nitrogens with zero attached hydrogens (tertiary/aromatic N) is 1. The maximum absolute atomic E-state index is 12.0. The van der Waals surface area contributed by atoms with Crippen LogP contribution in [0.1, 0.15) is 5.76 Å². The maximum Gasteiger partial charge on any atom is 0.263 e. The van der Waals surface area contributed by atoms with Gasteiger partial charge in [-0.05, 0) is 37.4 Å². The van der Waals surface area contributed by atoms with Crippen molar-refractivity contribution in [2.75, 3.05) is 11.0 Å². The van der Waals surface area contributed by atoms with Crippen molar-refractivity contribution in [3.63, 3.8) is 0 Å². The molecule has 0 radical (unpaired) electrons. The minimum absolute atomic E-state index is 0.182. The highest BCUT2D eigenvalue weighted by Crippen LogP contribution is 2.19. The van der Waals surface area contributed by atoms with E-state index < -0.39 is 10.0 Å². The van der Waals surface area contributed by atoms with Gasteiger partial charge in [0, 0.05) is 11.0 Å². The summed E-state index contributed by atoms with van der Waals surface area (Å²) in [6.07, 6.45) is 1.93. The molecule has 1 N–H and O–H groups in total. The summed E-state index contributed by atoms with van der Waals surface area (Å²) in [6, 6.07) is 8.15. The molecule has 7 heteroatoms. The molecule has 18 heavy (non-hydrogen) atoms. The number of aryl methyl sites for hydroxylation is 1. The maximum atomic E-state index is 12.0. The molecule has 0 atom stereocenters. The molecular formula is C11H12N2O3S2. The van der Waals surface area contributed by atoms with Crippen LogP contribution in [-0.2, 0) is 10.0 Å². The smallest absolute Gasteiger partial charge is 0.263 e. The second-order valence-corrected chi connectivity index (χ2v) is 6.17. The van der Waals surface area contributed by atoms with Gasteiger partial charge in [0.1, 0.15) is 5.76 Å². The lowest BCUT2D eigenvalue weighted by Gasteiger charge is -2.05. The molecule has 2 aromatic rings. The summed E-state index contributed by atoms with van der Waals surface area (Å²) in [5.74, 6) is 0.729. The fourth-order valence-corrected chi connectivity index (χ4v) is 2.76. The number of hydrogen-bond donors (Lipinski definition) is 1. The van der Waals surface area contributed by atoms with E-state index >= 15 is 0 Å². The van der Waals surface area contributed by atoms with Crippen molar-refractivity contribution in [2.24, 2.45) is 0 Å². The van der Waals surface area contributed by atoms with Crippen LogP contribution in [-0.4, -0.2) is 19.8 Å². The van der Waals surface area contributed by atoms with Gasteiger partial charge in [-0.2, -0.15) is 0 Å². The largest absolute Gasteiger partial charge is 0.360 e.